The minimum Gasteiger partial charge on any atom is -0.399 e. The van der Waals surface area contributed by atoms with Crippen molar-refractivity contribution in [1.29, 1.82) is 0 Å². The first-order valence-corrected chi connectivity index (χ1v) is 8.82. The molecule has 122 valence electrons. The summed E-state index contributed by atoms with van der Waals surface area (Å²) in [6, 6.07) is 13.5. The molecule has 0 bridgehead atoms. The standard InChI is InChI=1S/C19H18N2OS2/c1-11-6-4-7-12(2)16(11)21-18(22)17(24-19(21)23)13(3)14-8-5-9-15(20)10-14/h4-10H,20H2,1-3H3/b17-13-. The van der Waals surface area contributed by atoms with Gasteiger partial charge in [0.2, 0.25) is 0 Å². The molecule has 3 nitrogen and oxygen atoms in total. The van der Waals surface area contributed by atoms with Gasteiger partial charge in [0.05, 0.1) is 10.6 Å². The zero-order chi connectivity index (χ0) is 17.4. The van der Waals surface area contributed by atoms with Crippen LogP contribution in [0.2, 0.25) is 0 Å². The van der Waals surface area contributed by atoms with Gasteiger partial charge in [-0.1, -0.05) is 54.3 Å². The zero-order valence-electron chi connectivity index (χ0n) is 13.8. The van der Waals surface area contributed by atoms with Crippen LogP contribution in [0, 0.1) is 13.8 Å². The van der Waals surface area contributed by atoms with Gasteiger partial charge in [0.1, 0.15) is 0 Å². The molecule has 1 aliphatic heterocycles. The number of allylic oxidation sites excluding steroid dienone is 1. The number of anilines is 2. The first-order chi connectivity index (χ1) is 11.4. The lowest BCUT2D eigenvalue weighted by Crippen LogP contribution is -2.29. The van der Waals surface area contributed by atoms with E-state index in [0.717, 1.165) is 28.0 Å². The normalized spacial score (nSPS) is 16.7. The van der Waals surface area contributed by atoms with Crippen LogP contribution < -0.4 is 10.6 Å². The zero-order valence-corrected chi connectivity index (χ0v) is 15.4. The quantitative estimate of drug-likeness (QED) is 0.483. The summed E-state index contributed by atoms with van der Waals surface area (Å²) in [6.07, 6.45) is 0. The van der Waals surface area contributed by atoms with E-state index in [0.29, 0.717) is 14.9 Å². The average molecular weight is 355 g/mol. The van der Waals surface area contributed by atoms with E-state index in [-0.39, 0.29) is 5.91 Å². The van der Waals surface area contributed by atoms with Crippen molar-refractivity contribution in [3.05, 3.63) is 64.1 Å². The van der Waals surface area contributed by atoms with E-state index in [2.05, 4.69) is 0 Å². The van der Waals surface area contributed by atoms with Gasteiger partial charge < -0.3 is 5.73 Å². The Labute approximate surface area is 151 Å². The highest BCUT2D eigenvalue weighted by atomic mass is 32.2. The molecule has 1 saturated heterocycles. The smallest absolute Gasteiger partial charge is 0.271 e. The SMILES string of the molecule is C/C(=C1/SC(=S)N(c2c(C)cccc2C)C1=O)c1cccc(N)c1. The molecule has 2 aromatic carbocycles. The van der Waals surface area contributed by atoms with Crippen molar-refractivity contribution in [2.75, 3.05) is 10.6 Å². The maximum atomic E-state index is 13.0. The minimum atomic E-state index is -0.0673. The average Bonchev–Trinajstić information content (AvgIpc) is 2.82. The van der Waals surface area contributed by atoms with Gasteiger partial charge in [-0.15, -0.1) is 0 Å². The van der Waals surface area contributed by atoms with Crippen LogP contribution in [0.15, 0.2) is 47.4 Å². The molecule has 24 heavy (non-hydrogen) atoms. The maximum absolute atomic E-state index is 13.0. The molecule has 0 aliphatic carbocycles. The fourth-order valence-electron chi connectivity index (χ4n) is 2.85. The van der Waals surface area contributed by atoms with E-state index in [1.165, 1.54) is 11.8 Å². The van der Waals surface area contributed by atoms with Gasteiger partial charge in [-0.05, 0) is 55.2 Å². The van der Waals surface area contributed by atoms with Crippen molar-refractivity contribution in [2.45, 2.75) is 20.8 Å². The van der Waals surface area contributed by atoms with Crippen LogP contribution in [0.1, 0.15) is 23.6 Å². The van der Waals surface area contributed by atoms with Crippen molar-refractivity contribution < 1.29 is 4.79 Å². The molecule has 3 rings (SSSR count). The Kier molecular flexibility index (Phi) is 4.47. The van der Waals surface area contributed by atoms with E-state index >= 15 is 0 Å². The van der Waals surface area contributed by atoms with Gasteiger partial charge in [0, 0.05) is 5.69 Å². The van der Waals surface area contributed by atoms with Gasteiger partial charge in [0.25, 0.3) is 5.91 Å². The van der Waals surface area contributed by atoms with Crippen LogP contribution in [0.25, 0.3) is 5.57 Å². The Morgan fingerprint density at radius 2 is 1.75 bits per heavy atom. The van der Waals surface area contributed by atoms with E-state index in [1.54, 1.807) is 4.90 Å². The molecule has 1 fully saturated rings. The number of nitrogens with two attached hydrogens (primary N) is 1. The van der Waals surface area contributed by atoms with Crippen molar-refractivity contribution in [2.24, 2.45) is 0 Å². The molecule has 0 radical (unpaired) electrons. The number of para-hydroxylation sites is 1. The minimum absolute atomic E-state index is 0.0673. The first-order valence-electron chi connectivity index (χ1n) is 7.59. The predicted molar refractivity (Wildman–Crippen MR) is 107 cm³/mol. The Bertz CT molecular complexity index is 866. The summed E-state index contributed by atoms with van der Waals surface area (Å²) in [5.41, 5.74) is 11.3. The Morgan fingerprint density at radius 3 is 2.38 bits per heavy atom. The molecule has 1 heterocycles. The molecule has 1 amide bonds. The third-order valence-electron chi connectivity index (χ3n) is 4.09. The van der Waals surface area contributed by atoms with Crippen LogP contribution in [0.5, 0.6) is 0 Å². The number of hydrogen-bond donors (Lipinski definition) is 1. The Morgan fingerprint density at radius 1 is 1.12 bits per heavy atom. The van der Waals surface area contributed by atoms with E-state index in [4.69, 9.17) is 18.0 Å². The summed E-state index contributed by atoms with van der Waals surface area (Å²) < 4.78 is 0.565. The number of nitrogen functional groups attached to an aromatic ring is 1. The van der Waals surface area contributed by atoms with Crippen molar-refractivity contribution in [1.82, 2.24) is 0 Å². The number of amides is 1. The first kappa shape index (κ1) is 16.7. The lowest BCUT2D eigenvalue weighted by Gasteiger charge is -2.19. The molecule has 0 spiro atoms. The topological polar surface area (TPSA) is 46.3 Å². The Balaban J connectivity index is 2.08. The summed E-state index contributed by atoms with van der Waals surface area (Å²) >= 11 is 6.85. The third kappa shape index (κ3) is 2.85. The molecule has 0 saturated carbocycles. The molecule has 5 heteroatoms. The maximum Gasteiger partial charge on any atom is 0.271 e. The highest BCUT2D eigenvalue weighted by Gasteiger charge is 2.36. The summed E-state index contributed by atoms with van der Waals surface area (Å²) in [5.74, 6) is -0.0673. The number of aryl methyl sites for hydroxylation is 2. The van der Waals surface area contributed by atoms with Crippen LogP contribution >= 0.6 is 24.0 Å². The summed E-state index contributed by atoms with van der Waals surface area (Å²) in [7, 11) is 0. The monoisotopic (exact) mass is 354 g/mol. The van der Waals surface area contributed by atoms with Crippen LogP contribution in [-0.4, -0.2) is 10.2 Å². The van der Waals surface area contributed by atoms with Crippen molar-refractivity contribution in [3.8, 4) is 0 Å². The number of nitrogens with zero attached hydrogens (tertiary/aromatic N) is 1. The molecular weight excluding hydrogens is 336 g/mol. The number of benzene rings is 2. The molecule has 0 atom stereocenters. The van der Waals surface area contributed by atoms with Crippen LogP contribution in [0.4, 0.5) is 11.4 Å². The predicted octanol–water partition coefficient (Wildman–Crippen LogP) is 4.68. The second-order valence-corrected chi connectivity index (χ2v) is 7.47. The largest absolute Gasteiger partial charge is 0.399 e. The lowest BCUT2D eigenvalue weighted by molar-refractivity contribution is -0.113. The summed E-state index contributed by atoms with van der Waals surface area (Å²) in [6.45, 7) is 5.93. The van der Waals surface area contributed by atoms with Crippen LogP contribution in [0.3, 0.4) is 0 Å². The molecule has 0 aromatic heterocycles. The molecule has 2 N–H and O–H groups in total. The second kappa shape index (κ2) is 6.42. The van der Waals surface area contributed by atoms with Gasteiger partial charge in [0.15, 0.2) is 4.32 Å². The number of hydrogen-bond acceptors (Lipinski definition) is 4. The van der Waals surface area contributed by atoms with Crippen molar-refractivity contribution >= 4 is 51.2 Å². The van der Waals surface area contributed by atoms with Crippen LogP contribution in [-0.2, 0) is 4.79 Å². The number of carbonyl (C=O) groups is 1. The highest BCUT2D eigenvalue weighted by molar-refractivity contribution is 8.27. The molecule has 1 aliphatic rings. The van der Waals surface area contributed by atoms with Crippen molar-refractivity contribution in [3.63, 3.8) is 0 Å². The molecule has 0 unspecified atom stereocenters. The summed E-state index contributed by atoms with van der Waals surface area (Å²) in [5, 5.41) is 0. The number of thioether (sulfide) groups is 1. The number of rotatable bonds is 2. The fraction of sp³-hybridized carbons (Fsp3) is 0.158. The Hall–Kier alpha value is -2.11. The van der Waals surface area contributed by atoms with Gasteiger partial charge >= 0.3 is 0 Å². The molecule has 2 aromatic rings. The lowest BCUT2D eigenvalue weighted by atomic mass is 10.1. The third-order valence-corrected chi connectivity index (χ3v) is 5.57. The van der Waals surface area contributed by atoms with Gasteiger partial charge in [-0.3, -0.25) is 9.69 Å². The van der Waals surface area contributed by atoms with Gasteiger partial charge in [-0.25, -0.2) is 0 Å². The summed E-state index contributed by atoms with van der Waals surface area (Å²) in [4.78, 5) is 15.4. The van der Waals surface area contributed by atoms with E-state index < -0.39 is 0 Å². The number of carbonyl (C=O) groups excluding carboxylic acids is 1. The van der Waals surface area contributed by atoms with Gasteiger partial charge in [-0.2, -0.15) is 0 Å². The fourth-order valence-corrected chi connectivity index (χ4v) is 4.17. The number of thiocarbonyl (C=S) groups is 1. The molecular formula is C19H18N2OS2. The highest BCUT2D eigenvalue weighted by Crippen LogP contribution is 2.41. The second-order valence-electron chi connectivity index (χ2n) is 5.83. The van der Waals surface area contributed by atoms with E-state index in [9.17, 15) is 4.79 Å². The van der Waals surface area contributed by atoms with E-state index in [1.807, 2.05) is 63.2 Å².